The second kappa shape index (κ2) is 4.74. The highest BCUT2D eigenvalue weighted by atomic mass is 16.5. The largest absolute Gasteiger partial charge is 0.495 e. The van der Waals surface area contributed by atoms with Gasteiger partial charge in [0.25, 0.3) is 0 Å². The standard InChI is InChI=1S/C13H21NO2/c1-9-6-7-11(12(8-9)16-5)14-10(2)13(3,4)15/h6-8,10,14-15H,1-5H3. The van der Waals surface area contributed by atoms with Crippen LogP contribution in [0.5, 0.6) is 5.75 Å². The van der Waals surface area contributed by atoms with E-state index in [4.69, 9.17) is 4.74 Å². The zero-order valence-corrected chi connectivity index (χ0v) is 10.7. The number of aliphatic hydroxyl groups is 1. The van der Waals surface area contributed by atoms with Gasteiger partial charge in [-0.3, -0.25) is 0 Å². The first-order valence-corrected chi connectivity index (χ1v) is 5.48. The van der Waals surface area contributed by atoms with Gasteiger partial charge in [0.15, 0.2) is 0 Å². The number of methoxy groups -OCH3 is 1. The van der Waals surface area contributed by atoms with Crippen molar-refractivity contribution in [3.8, 4) is 5.75 Å². The maximum Gasteiger partial charge on any atom is 0.142 e. The lowest BCUT2D eigenvalue weighted by Crippen LogP contribution is -2.39. The fraction of sp³-hybridized carbons (Fsp3) is 0.538. The Kier molecular flexibility index (Phi) is 3.81. The van der Waals surface area contributed by atoms with Crippen molar-refractivity contribution in [2.75, 3.05) is 12.4 Å². The van der Waals surface area contributed by atoms with E-state index in [0.29, 0.717) is 0 Å². The van der Waals surface area contributed by atoms with Crippen LogP contribution in [0.4, 0.5) is 5.69 Å². The molecule has 1 unspecified atom stereocenters. The molecule has 1 aromatic rings. The van der Waals surface area contributed by atoms with Gasteiger partial charge >= 0.3 is 0 Å². The first-order chi connectivity index (χ1) is 7.34. The number of nitrogens with one attached hydrogen (secondary N) is 1. The van der Waals surface area contributed by atoms with Crippen molar-refractivity contribution < 1.29 is 9.84 Å². The zero-order chi connectivity index (χ0) is 12.3. The molecule has 1 aromatic carbocycles. The molecule has 0 bridgehead atoms. The van der Waals surface area contributed by atoms with Crippen LogP contribution in [0.15, 0.2) is 18.2 Å². The van der Waals surface area contributed by atoms with Crippen LogP contribution in [0, 0.1) is 6.92 Å². The van der Waals surface area contributed by atoms with E-state index in [1.807, 2.05) is 32.0 Å². The summed E-state index contributed by atoms with van der Waals surface area (Å²) in [6, 6.07) is 5.90. The lowest BCUT2D eigenvalue weighted by Gasteiger charge is -2.28. The maximum absolute atomic E-state index is 9.86. The number of anilines is 1. The Hall–Kier alpha value is -1.22. The third kappa shape index (κ3) is 3.14. The molecule has 16 heavy (non-hydrogen) atoms. The molecule has 3 nitrogen and oxygen atoms in total. The SMILES string of the molecule is COc1cc(C)ccc1NC(C)C(C)(C)O. The van der Waals surface area contributed by atoms with Crippen molar-refractivity contribution in [1.29, 1.82) is 0 Å². The molecule has 0 aliphatic carbocycles. The topological polar surface area (TPSA) is 41.5 Å². The summed E-state index contributed by atoms with van der Waals surface area (Å²) in [6.45, 7) is 7.53. The van der Waals surface area contributed by atoms with Gasteiger partial charge in [-0.15, -0.1) is 0 Å². The van der Waals surface area contributed by atoms with E-state index in [1.165, 1.54) is 0 Å². The third-order valence-corrected chi connectivity index (χ3v) is 2.79. The van der Waals surface area contributed by atoms with E-state index in [1.54, 1.807) is 21.0 Å². The van der Waals surface area contributed by atoms with E-state index in [0.717, 1.165) is 17.0 Å². The molecule has 0 aromatic heterocycles. The summed E-state index contributed by atoms with van der Waals surface area (Å²) in [6.07, 6.45) is 0. The van der Waals surface area contributed by atoms with Crippen LogP contribution >= 0.6 is 0 Å². The molecule has 1 rings (SSSR count). The Morgan fingerprint density at radius 1 is 1.38 bits per heavy atom. The molecular weight excluding hydrogens is 202 g/mol. The van der Waals surface area contributed by atoms with Gasteiger partial charge in [-0.1, -0.05) is 6.07 Å². The predicted molar refractivity (Wildman–Crippen MR) is 67.1 cm³/mol. The Labute approximate surface area is 97.4 Å². The normalized spacial score (nSPS) is 13.4. The maximum atomic E-state index is 9.86. The van der Waals surface area contributed by atoms with Gasteiger partial charge in [0.05, 0.1) is 24.4 Å². The molecule has 0 spiro atoms. The van der Waals surface area contributed by atoms with Gasteiger partial charge in [0.2, 0.25) is 0 Å². The number of hydrogen-bond donors (Lipinski definition) is 2. The molecule has 90 valence electrons. The van der Waals surface area contributed by atoms with E-state index >= 15 is 0 Å². The fourth-order valence-corrected chi connectivity index (χ4v) is 1.33. The predicted octanol–water partition coefficient (Wildman–Crippen LogP) is 2.57. The smallest absolute Gasteiger partial charge is 0.142 e. The minimum absolute atomic E-state index is 0.0518. The summed E-state index contributed by atoms with van der Waals surface area (Å²) in [7, 11) is 1.65. The highest BCUT2D eigenvalue weighted by Crippen LogP contribution is 2.27. The average molecular weight is 223 g/mol. The van der Waals surface area contributed by atoms with Crippen molar-refractivity contribution in [3.63, 3.8) is 0 Å². The molecule has 0 aliphatic rings. The van der Waals surface area contributed by atoms with Gasteiger partial charge in [-0.05, 0) is 45.4 Å². The Bertz CT molecular complexity index is 355. The first-order valence-electron chi connectivity index (χ1n) is 5.48. The van der Waals surface area contributed by atoms with Crippen molar-refractivity contribution in [3.05, 3.63) is 23.8 Å². The zero-order valence-electron chi connectivity index (χ0n) is 10.7. The molecular formula is C13H21NO2. The van der Waals surface area contributed by atoms with Crippen LogP contribution in [0.2, 0.25) is 0 Å². The van der Waals surface area contributed by atoms with Crippen LogP contribution in [0.25, 0.3) is 0 Å². The molecule has 1 atom stereocenters. The highest BCUT2D eigenvalue weighted by molar-refractivity contribution is 5.58. The highest BCUT2D eigenvalue weighted by Gasteiger charge is 2.22. The van der Waals surface area contributed by atoms with Crippen molar-refractivity contribution >= 4 is 5.69 Å². The average Bonchev–Trinajstić information content (AvgIpc) is 2.19. The second-order valence-corrected chi connectivity index (χ2v) is 4.72. The monoisotopic (exact) mass is 223 g/mol. The molecule has 0 radical (unpaired) electrons. The summed E-state index contributed by atoms with van der Waals surface area (Å²) in [5, 5.41) is 13.1. The summed E-state index contributed by atoms with van der Waals surface area (Å²) in [4.78, 5) is 0. The molecule has 0 aliphatic heterocycles. The lowest BCUT2D eigenvalue weighted by atomic mass is 10.0. The molecule has 0 fully saturated rings. The number of benzene rings is 1. The Morgan fingerprint density at radius 3 is 2.50 bits per heavy atom. The van der Waals surface area contributed by atoms with Crippen LogP contribution in [0.1, 0.15) is 26.3 Å². The minimum Gasteiger partial charge on any atom is -0.495 e. The quantitative estimate of drug-likeness (QED) is 0.824. The Balaban J connectivity index is 2.89. The Morgan fingerprint density at radius 2 is 2.00 bits per heavy atom. The van der Waals surface area contributed by atoms with E-state index in [2.05, 4.69) is 5.32 Å². The molecule has 0 heterocycles. The molecule has 2 N–H and O–H groups in total. The summed E-state index contributed by atoms with van der Waals surface area (Å²) >= 11 is 0. The fourth-order valence-electron chi connectivity index (χ4n) is 1.33. The lowest BCUT2D eigenvalue weighted by molar-refractivity contribution is 0.0648. The number of aryl methyl sites for hydroxylation is 1. The number of ether oxygens (including phenoxy) is 1. The summed E-state index contributed by atoms with van der Waals surface area (Å²) < 4.78 is 5.30. The summed E-state index contributed by atoms with van der Waals surface area (Å²) in [5.74, 6) is 0.802. The molecule has 3 heteroatoms. The van der Waals surface area contributed by atoms with Crippen LogP contribution in [-0.4, -0.2) is 23.9 Å². The van der Waals surface area contributed by atoms with E-state index in [9.17, 15) is 5.11 Å². The van der Waals surface area contributed by atoms with Gasteiger partial charge in [-0.25, -0.2) is 0 Å². The van der Waals surface area contributed by atoms with Crippen LogP contribution in [0.3, 0.4) is 0 Å². The minimum atomic E-state index is -0.768. The van der Waals surface area contributed by atoms with E-state index < -0.39 is 5.60 Å². The molecule has 0 saturated heterocycles. The molecule has 0 saturated carbocycles. The van der Waals surface area contributed by atoms with Gasteiger partial charge in [0.1, 0.15) is 5.75 Å². The number of hydrogen-bond acceptors (Lipinski definition) is 3. The second-order valence-electron chi connectivity index (χ2n) is 4.72. The van der Waals surface area contributed by atoms with Gasteiger partial charge < -0.3 is 15.2 Å². The number of rotatable bonds is 4. The van der Waals surface area contributed by atoms with Crippen LogP contribution in [-0.2, 0) is 0 Å². The first kappa shape index (κ1) is 12.8. The van der Waals surface area contributed by atoms with E-state index in [-0.39, 0.29) is 6.04 Å². The van der Waals surface area contributed by atoms with Gasteiger partial charge in [0, 0.05) is 0 Å². The van der Waals surface area contributed by atoms with Crippen molar-refractivity contribution in [1.82, 2.24) is 0 Å². The third-order valence-electron chi connectivity index (χ3n) is 2.79. The van der Waals surface area contributed by atoms with Crippen LogP contribution < -0.4 is 10.1 Å². The summed E-state index contributed by atoms with van der Waals surface area (Å²) in [5.41, 5.74) is 1.29. The molecule has 0 amide bonds. The van der Waals surface area contributed by atoms with Crippen molar-refractivity contribution in [2.24, 2.45) is 0 Å². The van der Waals surface area contributed by atoms with Gasteiger partial charge in [-0.2, -0.15) is 0 Å². The van der Waals surface area contributed by atoms with Crippen molar-refractivity contribution in [2.45, 2.75) is 39.3 Å².